The normalized spacial score (nSPS) is 10.3. The first-order valence-electron chi connectivity index (χ1n) is 5.25. The summed E-state index contributed by atoms with van der Waals surface area (Å²) in [4.78, 5) is 0.337. The van der Waals surface area contributed by atoms with Gasteiger partial charge in [-0.3, -0.25) is 4.68 Å². The molecule has 1 heterocycles. The fourth-order valence-corrected chi connectivity index (χ4v) is 2.26. The van der Waals surface area contributed by atoms with Crippen LogP contribution >= 0.6 is 34.8 Å². The highest BCUT2D eigenvalue weighted by molar-refractivity contribution is 14.1. The number of hydrogen-bond acceptors (Lipinski definition) is 3. The molecule has 0 saturated carbocycles. The minimum absolute atomic E-state index is 0.337. The Morgan fingerprint density at radius 1 is 1.56 bits per heavy atom. The van der Waals surface area contributed by atoms with Gasteiger partial charge in [-0.2, -0.15) is 5.10 Å². The highest BCUT2D eigenvalue weighted by Crippen LogP contribution is 2.20. The monoisotopic (exact) mass is 373 g/mol. The van der Waals surface area contributed by atoms with E-state index in [1.807, 2.05) is 35.3 Å². The van der Waals surface area contributed by atoms with Crippen LogP contribution in [0.5, 0.6) is 5.75 Å². The fraction of sp³-hybridized carbons (Fsp3) is 0.167. The molecule has 0 radical (unpaired) electrons. The van der Waals surface area contributed by atoms with Crippen LogP contribution in [0.15, 0.2) is 30.6 Å². The zero-order valence-electron chi connectivity index (χ0n) is 9.76. The zero-order chi connectivity index (χ0) is 13.1. The third-order valence-corrected chi connectivity index (χ3v) is 3.25. The molecule has 6 heteroatoms. The van der Waals surface area contributed by atoms with Crippen LogP contribution in [0.3, 0.4) is 0 Å². The molecule has 0 bridgehead atoms. The molecule has 4 nitrogen and oxygen atoms in total. The van der Waals surface area contributed by atoms with E-state index in [1.54, 1.807) is 7.11 Å². The predicted octanol–water partition coefficient (Wildman–Crippen LogP) is 2.18. The van der Waals surface area contributed by atoms with E-state index in [9.17, 15) is 0 Å². The average Bonchev–Trinajstić information content (AvgIpc) is 2.74. The number of aromatic nitrogens is 2. The number of hydrogen-bond donors (Lipinski definition) is 1. The minimum Gasteiger partial charge on any atom is -0.496 e. The second-order valence-corrected chi connectivity index (χ2v) is 5.44. The molecular formula is C12H12IN3OS. The van der Waals surface area contributed by atoms with E-state index in [4.69, 9.17) is 22.7 Å². The molecule has 0 aliphatic carbocycles. The highest BCUT2D eigenvalue weighted by atomic mass is 127. The molecule has 0 unspecified atom stereocenters. The lowest BCUT2D eigenvalue weighted by atomic mass is 10.1. The van der Waals surface area contributed by atoms with E-state index in [0.717, 1.165) is 14.7 Å². The Balaban J connectivity index is 2.29. The first-order chi connectivity index (χ1) is 8.60. The molecule has 0 atom stereocenters. The van der Waals surface area contributed by atoms with Crippen LogP contribution in [0.25, 0.3) is 0 Å². The van der Waals surface area contributed by atoms with Crippen molar-refractivity contribution in [1.29, 1.82) is 0 Å². The van der Waals surface area contributed by atoms with Crippen LogP contribution < -0.4 is 10.5 Å². The van der Waals surface area contributed by atoms with E-state index >= 15 is 0 Å². The van der Waals surface area contributed by atoms with Gasteiger partial charge in [0.2, 0.25) is 0 Å². The number of nitrogens with two attached hydrogens (primary N) is 1. The quantitative estimate of drug-likeness (QED) is 0.660. The van der Waals surface area contributed by atoms with E-state index in [0.29, 0.717) is 17.3 Å². The topological polar surface area (TPSA) is 53.1 Å². The predicted molar refractivity (Wildman–Crippen MR) is 82.9 cm³/mol. The SMILES string of the molecule is COc1ccc(Cn2cc(I)cn2)cc1C(N)=S. The molecule has 0 amide bonds. The summed E-state index contributed by atoms with van der Waals surface area (Å²) >= 11 is 7.25. The number of nitrogens with zero attached hydrogens (tertiary/aromatic N) is 2. The van der Waals surface area contributed by atoms with Gasteiger partial charge in [0, 0.05) is 6.20 Å². The van der Waals surface area contributed by atoms with E-state index < -0.39 is 0 Å². The minimum atomic E-state index is 0.337. The highest BCUT2D eigenvalue weighted by Gasteiger charge is 2.07. The van der Waals surface area contributed by atoms with E-state index in [-0.39, 0.29) is 0 Å². The fourth-order valence-electron chi connectivity index (χ4n) is 1.66. The van der Waals surface area contributed by atoms with Gasteiger partial charge in [0.15, 0.2) is 0 Å². The van der Waals surface area contributed by atoms with Gasteiger partial charge in [-0.05, 0) is 40.3 Å². The number of halogens is 1. The maximum Gasteiger partial charge on any atom is 0.129 e. The van der Waals surface area contributed by atoms with Gasteiger partial charge in [0.25, 0.3) is 0 Å². The summed E-state index contributed by atoms with van der Waals surface area (Å²) in [6.45, 7) is 0.683. The summed E-state index contributed by atoms with van der Waals surface area (Å²) < 4.78 is 8.20. The number of benzene rings is 1. The first-order valence-corrected chi connectivity index (χ1v) is 6.73. The Bertz CT molecular complexity index is 582. The van der Waals surface area contributed by atoms with Crippen molar-refractivity contribution in [2.75, 3.05) is 7.11 Å². The molecule has 2 rings (SSSR count). The van der Waals surface area contributed by atoms with Crippen LogP contribution in [0, 0.1) is 3.57 Å². The van der Waals surface area contributed by atoms with Crippen molar-refractivity contribution in [3.63, 3.8) is 0 Å². The summed E-state index contributed by atoms with van der Waals surface area (Å²) in [6.07, 6.45) is 3.80. The molecule has 0 fully saturated rings. The van der Waals surface area contributed by atoms with Gasteiger partial charge in [0.05, 0.1) is 29.0 Å². The number of rotatable bonds is 4. The average molecular weight is 373 g/mol. The van der Waals surface area contributed by atoms with Gasteiger partial charge in [-0.25, -0.2) is 0 Å². The Hall–Kier alpha value is -1.15. The number of ether oxygens (including phenoxy) is 1. The van der Waals surface area contributed by atoms with Crippen molar-refractivity contribution in [3.8, 4) is 5.75 Å². The van der Waals surface area contributed by atoms with Crippen molar-refractivity contribution in [2.45, 2.75) is 6.54 Å². The third kappa shape index (κ3) is 2.99. The van der Waals surface area contributed by atoms with Gasteiger partial charge in [-0.15, -0.1) is 0 Å². The molecule has 0 saturated heterocycles. The lowest BCUT2D eigenvalue weighted by Crippen LogP contribution is -2.12. The largest absolute Gasteiger partial charge is 0.496 e. The van der Waals surface area contributed by atoms with Crippen LogP contribution in [0.1, 0.15) is 11.1 Å². The van der Waals surface area contributed by atoms with Gasteiger partial charge >= 0.3 is 0 Å². The Kier molecular flexibility index (Phi) is 4.18. The van der Waals surface area contributed by atoms with Crippen LogP contribution in [0.2, 0.25) is 0 Å². The van der Waals surface area contributed by atoms with Gasteiger partial charge in [0.1, 0.15) is 10.7 Å². The maximum absolute atomic E-state index is 5.68. The molecule has 1 aromatic carbocycles. The Morgan fingerprint density at radius 3 is 2.89 bits per heavy atom. The molecule has 0 aliphatic heterocycles. The second-order valence-electron chi connectivity index (χ2n) is 3.76. The summed E-state index contributed by atoms with van der Waals surface area (Å²) in [6, 6.07) is 5.79. The molecule has 18 heavy (non-hydrogen) atoms. The van der Waals surface area contributed by atoms with Crippen LogP contribution in [-0.2, 0) is 6.54 Å². The molecule has 94 valence electrons. The van der Waals surface area contributed by atoms with Crippen molar-refractivity contribution in [1.82, 2.24) is 9.78 Å². The lowest BCUT2D eigenvalue weighted by molar-refractivity contribution is 0.414. The second kappa shape index (κ2) is 5.66. The maximum atomic E-state index is 5.68. The Morgan fingerprint density at radius 2 is 2.33 bits per heavy atom. The van der Waals surface area contributed by atoms with Crippen molar-refractivity contribution < 1.29 is 4.74 Å². The first kappa shape index (κ1) is 13.3. The van der Waals surface area contributed by atoms with Crippen LogP contribution in [-0.4, -0.2) is 21.9 Å². The van der Waals surface area contributed by atoms with E-state index in [1.165, 1.54) is 0 Å². The van der Waals surface area contributed by atoms with Crippen molar-refractivity contribution in [3.05, 3.63) is 45.3 Å². The van der Waals surface area contributed by atoms with Crippen molar-refractivity contribution >= 4 is 39.8 Å². The molecule has 2 aromatic rings. The van der Waals surface area contributed by atoms with Crippen molar-refractivity contribution in [2.24, 2.45) is 5.73 Å². The summed E-state index contributed by atoms with van der Waals surface area (Å²) in [5.74, 6) is 0.696. The number of thiocarbonyl (C=S) groups is 1. The molecule has 1 aromatic heterocycles. The molecule has 2 N–H and O–H groups in total. The standard InChI is InChI=1S/C12H12IN3OS/c1-17-11-3-2-8(4-10(11)12(14)18)6-16-7-9(13)5-15-16/h2-5,7H,6H2,1H3,(H2,14,18). The lowest BCUT2D eigenvalue weighted by Gasteiger charge is -2.09. The molecular weight excluding hydrogens is 361 g/mol. The summed E-state index contributed by atoms with van der Waals surface area (Å²) in [7, 11) is 1.60. The van der Waals surface area contributed by atoms with Gasteiger partial charge < -0.3 is 10.5 Å². The van der Waals surface area contributed by atoms with Gasteiger partial charge in [-0.1, -0.05) is 18.3 Å². The van der Waals surface area contributed by atoms with Crippen LogP contribution in [0.4, 0.5) is 0 Å². The third-order valence-electron chi connectivity index (χ3n) is 2.48. The number of methoxy groups -OCH3 is 1. The molecule has 0 spiro atoms. The van der Waals surface area contributed by atoms with E-state index in [2.05, 4.69) is 27.7 Å². The summed E-state index contributed by atoms with van der Waals surface area (Å²) in [5, 5.41) is 4.24. The Labute approximate surface area is 124 Å². The summed E-state index contributed by atoms with van der Waals surface area (Å²) in [5.41, 5.74) is 7.52. The molecule has 0 aliphatic rings. The smallest absolute Gasteiger partial charge is 0.129 e. The zero-order valence-corrected chi connectivity index (χ0v) is 12.7.